The van der Waals surface area contributed by atoms with Gasteiger partial charge in [-0.15, -0.1) is 0 Å². The highest BCUT2D eigenvalue weighted by atomic mass is 19.3. The molecule has 0 aromatic heterocycles. The molecule has 2 rings (SSSR count). The maximum absolute atomic E-state index is 11.8. The van der Waals surface area contributed by atoms with Crippen molar-refractivity contribution in [3.63, 3.8) is 0 Å². The second kappa shape index (κ2) is 2.41. The molecule has 0 radical (unpaired) electrons. The van der Waals surface area contributed by atoms with Crippen LogP contribution in [0.1, 0.15) is 25.7 Å². The summed E-state index contributed by atoms with van der Waals surface area (Å²) >= 11 is 0. The molecule has 2 aliphatic carbocycles. The normalized spacial score (nSPS) is 27.5. The van der Waals surface area contributed by atoms with Gasteiger partial charge in [0.25, 0.3) is 6.43 Å². The Hall–Kier alpha value is -0.180. The van der Waals surface area contributed by atoms with Crippen molar-refractivity contribution in [2.75, 3.05) is 6.54 Å². The number of hydrogen-bond donors (Lipinski definition) is 1. The van der Waals surface area contributed by atoms with Crippen molar-refractivity contribution < 1.29 is 8.78 Å². The Morgan fingerprint density at radius 1 is 1.36 bits per heavy atom. The minimum absolute atomic E-state index is 0.115. The van der Waals surface area contributed by atoms with Crippen molar-refractivity contribution in [3.05, 3.63) is 0 Å². The fourth-order valence-corrected chi connectivity index (χ4v) is 1.78. The minimum atomic E-state index is -2.19. The lowest BCUT2D eigenvalue weighted by Crippen LogP contribution is -2.36. The van der Waals surface area contributed by atoms with Crippen LogP contribution in [0.4, 0.5) is 8.78 Å². The summed E-state index contributed by atoms with van der Waals surface area (Å²) in [5.74, 6) is 0.723. The van der Waals surface area contributed by atoms with Gasteiger partial charge in [0, 0.05) is 5.54 Å². The van der Waals surface area contributed by atoms with E-state index in [4.69, 9.17) is 0 Å². The van der Waals surface area contributed by atoms with Crippen molar-refractivity contribution in [3.8, 4) is 0 Å². The molecule has 1 N–H and O–H groups in total. The molecule has 0 amide bonds. The van der Waals surface area contributed by atoms with E-state index in [1.54, 1.807) is 0 Å². The fourth-order valence-electron chi connectivity index (χ4n) is 1.78. The van der Waals surface area contributed by atoms with Crippen LogP contribution in [0.25, 0.3) is 0 Å². The maximum Gasteiger partial charge on any atom is 0.250 e. The summed E-state index contributed by atoms with van der Waals surface area (Å²) < 4.78 is 23.6. The van der Waals surface area contributed by atoms with Crippen molar-refractivity contribution in [2.24, 2.45) is 5.92 Å². The molecule has 0 spiro atoms. The van der Waals surface area contributed by atoms with Crippen molar-refractivity contribution in [2.45, 2.75) is 37.6 Å². The lowest BCUT2D eigenvalue weighted by Gasteiger charge is -2.15. The molecule has 64 valence electrons. The van der Waals surface area contributed by atoms with E-state index in [-0.39, 0.29) is 12.1 Å². The minimum Gasteiger partial charge on any atom is -0.306 e. The van der Waals surface area contributed by atoms with E-state index < -0.39 is 6.43 Å². The van der Waals surface area contributed by atoms with Gasteiger partial charge < -0.3 is 5.32 Å². The van der Waals surface area contributed by atoms with Crippen molar-refractivity contribution >= 4 is 0 Å². The van der Waals surface area contributed by atoms with Crippen LogP contribution in [-0.2, 0) is 0 Å². The van der Waals surface area contributed by atoms with E-state index in [0.29, 0.717) is 0 Å². The predicted molar refractivity (Wildman–Crippen MR) is 38.7 cm³/mol. The highest BCUT2D eigenvalue weighted by Crippen LogP contribution is 2.53. The Bertz CT molecular complexity index is 150. The monoisotopic (exact) mass is 161 g/mol. The Kier molecular flexibility index (Phi) is 1.63. The highest BCUT2D eigenvalue weighted by Gasteiger charge is 2.53. The Balaban J connectivity index is 1.76. The lowest BCUT2D eigenvalue weighted by atomic mass is 10.1. The Labute approximate surface area is 65.2 Å². The predicted octanol–water partition coefficient (Wildman–Crippen LogP) is 1.78. The van der Waals surface area contributed by atoms with Crippen LogP contribution in [0, 0.1) is 5.92 Å². The summed E-state index contributed by atoms with van der Waals surface area (Å²) in [4.78, 5) is 0. The van der Waals surface area contributed by atoms with Gasteiger partial charge in [-0.3, -0.25) is 0 Å². The maximum atomic E-state index is 11.8. The second-order valence-corrected chi connectivity index (χ2v) is 3.70. The number of halogens is 2. The molecule has 0 aliphatic heterocycles. The molecular weight excluding hydrogens is 148 g/mol. The van der Waals surface area contributed by atoms with Crippen LogP contribution in [0.15, 0.2) is 0 Å². The van der Waals surface area contributed by atoms with E-state index in [1.807, 2.05) is 0 Å². The number of nitrogens with one attached hydrogen (secondary N) is 1. The van der Waals surface area contributed by atoms with Crippen molar-refractivity contribution in [1.29, 1.82) is 0 Å². The van der Waals surface area contributed by atoms with Crippen molar-refractivity contribution in [1.82, 2.24) is 5.32 Å². The highest BCUT2D eigenvalue weighted by molar-refractivity contribution is 5.11. The zero-order chi connectivity index (χ0) is 7.90. The molecule has 3 heteroatoms. The van der Waals surface area contributed by atoms with Gasteiger partial charge in [0.05, 0.1) is 6.54 Å². The number of alkyl halides is 2. The molecule has 2 saturated carbocycles. The summed E-state index contributed by atoms with van der Waals surface area (Å²) in [6, 6.07) is 0. The third-order valence-corrected chi connectivity index (χ3v) is 2.76. The summed E-state index contributed by atoms with van der Waals surface area (Å²) in [6.07, 6.45) is 2.53. The topological polar surface area (TPSA) is 12.0 Å². The van der Waals surface area contributed by atoms with E-state index in [0.717, 1.165) is 18.8 Å². The first-order valence-corrected chi connectivity index (χ1v) is 4.26. The second-order valence-electron chi connectivity index (χ2n) is 3.70. The van der Waals surface area contributed by atoms with E-state index in [1.165, 1.54) is 12.8 Å². The first-order valence-electron chi connectivity index (χ1n) is 4.26. The summed E-state index contributed by atoms with van der Waals surface area (Å²) in [6.45, 7) is -0.115. The molecule has 0 aromatic rings. The van der Waals surface area contributed by atoms with Gasteiger partial charge in [0.15, 0.2) is 0 Å². The fraction of sp³-hybridized carbons (Fsp3) is 1.00. The molecule has 0 bridgehead atoms. The third kappa shape index (κ3) is 1.53. The average molecular weight is 161 g/mol. The van der Waals surface area contributed by atoms with E-state index in [2.05, 4.69) is 5.32 Å². The summed E-state index contributed by atoms with van der Waals surface area (Å²) in [7, 11) is 0. The molecule has 0 atom stereocenters. The molecular formula is C8H13F2N. The van der Waals surface area contributed by atoms with Gasteiger partial charge >= 0.3 is 0 Å². The summed E-state index contributed by atoms with van der Waals surface area (Å²) in [5.41, 5.74) is 0.163. The molecule has 2 fully saturated rings. The van der Waals surface area contributed by atoms with E-state index in [9.17, 15) is 8.78 Å². The molecule has 0 aromatic carbocycles. The first-order chi connectivity index (χ1) is 5.23. The average Bonchev–Trinajstić information content (AvgIpc) is 2.79. The van der Waals surface area contributed by atoms with Crippen LogP contribution in [0.2, 0.25) is 0 Å². The van der Waals surface area contributed by atoms with Crippen LogP contribution in [0.3, 0.4) is 0 Å². The van der Waals surface area contributed by atoms with Gasteiger partial charge in [0.1, 0.15) is 0 Å². The smallest absolute Gasteiger partial charge is 0.250 e. The largest absolute Gasteiger partial charge is 0.306 e. The van der Waals surface area contributed by atoms with Gasteiger partial charge in [-0.05, 0) is 31.6 Å². The van der Waals surface area contributed by atoms with Gasteiger partial charge in [0.2, 0.25) is 0 Å². The Morgan fingerprint density at radius 3 is 2.36 bits per heavy atom. The molecule has 11 heavy (non-hydrogen) atoms. The van der Waals surface area contributed by atoms with Crippen LogP contribution in [-0.4, -0.2) is 18.5 Å². The van der Waals surface area contributed by atoms with Gasteiger partial charge in [-0.1, -0.05) is 0 Å². The molecule has 0 saturated heterocycles. The first kappa shape index (κ1) is 7.47. The standard InChI is InChI=1S/C8H13F2N/c9-7(10)5-11-8(3-4-8)6-1-2-6/h6-7,11H,1-5H2. The number of hydrogen-bond acceptors (Lipinski definition) is 1. The van der Waals surface area contributed by atoms with Crippen LogP contribution < -0.4 is 5.32 Å². The Morgan fingerprint density at radius 2 is 2.00 bits per heavy atom. The van der Waals surface area contributed by atoms with Gasteiger partial charge in [-0.2, -0.15) is 0 Å². The zero-order valence-electron chi connectivity index (χ0n) is 6.45. The quantitative estimate of drug-likeness (QED) is 0.662. The van der Waals surface area contributed by atoms with Crippen LogP contribution >= 0.6 is 0 Å². The van der Waals surface area contributed by atoms with E-state index >= 15 is 0 Å². The van der Waals surface area contributed by atoms with Gasteiger partial charge in [-0.25, -0.2) is 8.78 Å². The molecule has 2 aliphatic rings. The SMILES string of the molecule is FC(F)CNC1(C2CC2)CC1. The molecule has 1 nitrogen and oxygen atoms in total. The number of rotatable bonds is 4. The molecule has 0 unspecified atom stereocenters. The lowest BCUT2D eigenvalue weighted by molar-refractivity contribution is 0.137. The zero-order valence-corrected chi connectivity index (χ0v) is 6.45. The summed E-state index contributed by atoms with van der Waals surface area (Å²) in [5, 5.41) is 2.98. The van der Waals surface area contributed by atoms with Crippen LogP contribution in [0.5, 0.6) is 0 Å². The molecule has 0 heterocycles. The third-order valence-electron chi connectivity index (χ3n) is 2.76.